The molecule has 0 radical (unpaired) electrons. The molecule has 0 saturated carbocycles. The van der Waals surface area contributed by atoms with Gasteiger partial charge >= 0.3 is 0 Å². The topological polar surface area (TPSA) is 30.7 Å². The Labute approximate surface area is 96.7 Å². The predicted molar refractivity (Wildman–Crippen MR) is 61.3 cm³/mol. The Balaban J connectivity index is 2.02. The lowest BCUT2D eigenvalue weighted by Crippen LogP contribution is -2.11. The minimum absolute atomic E-state index is 0.790. The first-order valence-corrected chi connectivity index (χ1v) is 6.22. The Hall–Kier alpha value is -0.870. The highest BCUT2D eigenvalue weighted by molar-refractivity contribution is 7.19. The molecular formula is C10H10ClN3S. The summed E-state index contributed by atoms with van der Waals surface area (Å²) >= 11 is 7.42. The summed E-state index contributed by atoms with van der Waals surface area (Å²) in [7, 11) is 0. The van der Waals surface area contributed by atoms with Crippen LogP contribution >= 0.6 is 22.9 Å². The third kappa shape index (κ3) is 1.68. The first-order valence-electron chi connectivity index (χ1n) is 5.02. The predicted octanol–water partition coefficient (Wildman–Crippen LogP) is 3.00. The van der Waals surface area contributed by atoms with Gasteiger partial charge in [-0.3, -0.25) is 0 Å². The average molecular weight is 240 g/mol. The van der Waals surface area contributed by atoms with Gasteiger partial charge in [0.25, 0.3) is 0 Å². The molecule has 1 aliphatic rings. The maximum Gasteiger partial charge on any atom is 0.191 e. The zero-order valence-corrected chi connectivity index (χ0v) is 9.68. The van der Waals surface area contributed by atoms with Gasteiger partial charge in [0, 0.05) is 13.0 Å². The standard InChI is InChI=1S/C10H10ClN3S/c11-8-5-4-7(15-8)10-12-9-3-1-2-6-14(9)13-10/h4-5H,1-3,6H2. The third-order valence-electron chi connectivity index (χ3n) is 2.56. The lowest BCUT2D eigenvalue weighted by atomic mass is 10.2. The summed E-state index contributed by atoms with van der Waals surface area (Å²) in [4.78, 5) is 5.60. The Morgan fingerprint density at radius 1 is 1.33 bits per heavy atom. The van der Waals surface area contributed by atoms with Crippen LogP contribution in [0.25, 0.3) is 10.7 Å². The van der Waals surface area contributed by atoms with Crippen LogP contribution in [0.5, 0.6) is 0 Å². The van der Waals surface area contributed by atoms with Crippen molar-refractivity contribution in [3.63, 3.8) is 0 Å². The van der Waals surface area contributed by atoms with Gasteiger partial charge in [0.1, 0.15) is 5.82 Å². The summed E-state index contributed by atoms with van der Waals surface area (Å²) in [5.41, 5.74) is 0. The molecule has 0 bridgehead atoms. The number of halogens is 1. The van der Waals surface area contributed by atoms with Crippen LogP contribution in [0.15, 0.2) is 12.1 Å². The van der Waals surface area contributed by atoms with Crippen LogP contribution in [-0.4, -0.2) is 14.8 Å². The molecule has 0 atom stereocenters. The van der Waals surface area contributed by atoms with Crippen molar-refractivity contribution in [3.05, 3.63) is 22.3 Å². The highest BCUT2D eigenvalue weighted by Crippen LogP contribution is 2.29. The molecule has 78 valence electrons. The van der Waals surface area contributed by atoms with Crippen molar-refractivity contribution in [1.82, 2.24) is 14.8 Å². The monoisotopic (exact) mass is 239 g/mol. The molecule has 0 N–H and O–H groups in total. The van der Waals surface area contributed by atoms with E-state index in [2.05, 4.69) is 10.1 Å². The van der Waals surface area contributed by atoms with Crippen LogP contribution in [-0.2, 0) is 13.0 Å². The second-order valence-electron chi connectivity index (χ2n) is 3.64. The van der Waals surface area contributed by atoms with Gasteiger partial charge in [-0.15, -0.1) is 16.4 Å². The maximum atomic E-state index is 5.89. The number of hydrogen-bond acceptors (Lipinski definition) is 3. The first-order chi connectivity index (χ1) is 7.33. The van der Waals surface area contributed by atoms with E-state index in [1.807, 2.05) is 16.8 Å². The van der Waals surface area contributed by atoms with Gasteiger partial charge in [-0.25, -0.2) is 9.67 Å². The number of aromatic nitrogens is 3. The quantitative estimate of drug-likeness (QED) is 0.766. The summed E-state index contributed by atoms with van der Waals surface area (Å²) in [5, 5.41) is 4.49. The molecule has 0 spiro atoms. The van der Waals surface area contributed by atoms with Gasteiger partial charge in [-0.2, -0.15) is 0 Å². The number of thiophene rings is 1. The molecule has 1 aliphatic heterocycles. The van der Waals surface area contributed by atoms with Crippen molar-refractivity contribution >= 4 is 22.9 Å². The molecule has 0 fully saturated rings. The summed E-state index contributed by atoms with van der Waals surface area (Å²) in [6.45, 7) is 1.00. The van der Waals surface area contributed by atoms with Crippen molar-refractivity contribution in [2.45, 2.75) is 25.8 Å². The van der Waals surface area contributed by atoms with Crippen LogP contribution in [0.3, 0.4) is 0 Å². The maximum absolute atomic E-state index is 5.89. The molecule has 3 rings (SSSR count). The van der Waals surface area contributed by atoms with Gasteiger partial charge in [0.2, 0.25) is 0 Å². The Morgan fingerprint density at radius 2 is 2.27 bits per heavy atom. The lowest BCUT2D eigenvalue weighted by Gasteiger charge is -2.09. The normalized spacial score (nSPS) is 15.3. The van der Waals surface area contributed by atoms with E-state index in [0.29, 0.717) is 0 Å². The summed E-state index contributed by atoms with van der Waals surface area (Å²) in [6.07, 6.45) is 3.48. The zero-order valence-electron chi connectivity index (χ0n) is 8.11. The fourth-order valence-electron chi connectivity index (χ4n) is 1.82. The number of nitrogens with zero attached hydrogens (tertiary/aromatic N) is 3. The molecule has 15 heavy (non-hydrogen) atoms. The van der Waals surface area contributed by atoms with Crippen LogP contribution in [0, 0.1) is 0 Å². The van der Waals surface area contributed by atoms with E-state index < -0.39 is 0 Å². The molecule has 3 nitrogen and oxygen atoms in total. The summed E-state index contributed by atoms with van der Waals surface area (Å²) in [6, 6.07) is 3.87. The van der Waals surface area contributed by atoms with Crippen LogP contribution in [0.1, 0.15) is 18.7 Å². The number of fused-ring (bicyclic) bond motifs is 1. The van der Waals surface area contributed by atoms with Crippen molar-refractivity contribution in [2.24, 2.45) is 0 Å². The minimum Gasteiger partial charge on any atom is -0.249 e. The van der Waals surface area contributed by atoms with Crippen molar-refractivity contribution in [2.75, 3.05) is 0 Å². The molecule has 0 aliphatic carbocycles. The van der Waals surface area contributed by atoms with Crippen molar-refractivity contribution in [3.8, 4) is 10.7 Å². The van der Waals surface area contributed by atoms with Gasteiger partial charge in [0.05, 0.1) is 9.21 Å². The molecule has 0 unspecified atom stereocenters. The zero-order chi connectivity index (χ0) is 10.3. The molecule has 5 heteroatoms. The van der Waals surface area contributed by atoms with Gasteiger partial charge in [0.15, 0.2) is 5.82 Å². The van der Waals surface area contributed by atoms with Gasteiger partial charge in [-0.1, -0.05) is 11.6 Å². The fraction of sp³-hybridized carbons (Fsp3) is 0.400. The third-order valence-corrected chi connectivity index (χ3v) is 3.79. The summed E-state index contributed by atoms with van der Waals surface area (Å²) in [5.74, 6) is 1.93. The largest absolute Gasteiger partial charge is 0.249 e. The van der Waals surface area contributed by atoms with E-state index >= 15 is 0 Å². The van der Waals surface area contributed by atoms with Crippen LogP contribution in [0.2, 0.25) is 4.34 Å². The smallest absolute Gasteiger partial charge is 0.191 e. The summed E-state index contributed by atoms with van der Waals surface area (Å²) < 4.78 is 2.81. The van der Waals surface area contributed by atoms with E-state index in [0.717, 1.165) is 33.8 Å². The SMILES string of the molecule is Clc1ccc(-c2nc3n(n2)CCCC3)s1. The fourth-order valence-corrected chi connectivity index (χ4v) is 2.79. The second-order valence-corrected chi connectivity index (χ2v) is 5.35. The van der Waals surface area contributed by atoms with Crippen LogP contribution in [0.4, 0.5) is 0 Å². The molecule has 2 aromatic heterocycles. The van der Waals surface area contributed by atoms with Crippen LogP contribution < -0.4 is 0 Å². The molecule has 0 amide bonds. The molecular weight excluding hydrogens is 230 g/mol. The van der Waals surface area contributed by atoms with Crippen molar-refractivity contribution < 1.29 is 0 Å². The first kappa shape index (κ1) is 9.36. The Morgan fingerprint density at radius 3 is 3.00 bits per heavy atom. The van der Waals surface area contributed by atoms with E-state index in [1.165, 1.54) is 24.2 Å². The average Bonchev–Trinajstić information content (AvgIpc) is 2.82. The highest BCUT2D eigenvalue weighted by Gasteiger charge is 2.15. The van der Waals surface area contributed by atoms with Gasteiger partial charge < -0.3 is 0 Å². The second kappa shape index (κ2) is 3.61. The number of rotatable bonds is 1. The van der Waals surface area contributed by atoms with E-state index in [4.69, 9.17) is 11.6 Å². The van der Waals surface area contributed by atoms with Gasteiger partial charge in [-0.05, 0) is 25.0 Å². The molecule has 0 saturated heterocycles. The van der Waals surface area contributed by atoms with E-state index in [9.17, 15) is 0 Å². The number of hydrogen-bond donors (Lipinski definition) is 0. The Kier molecular flexibility index (Phi) is 2.25. The molecule has 0 aromatic carbocycles. The van der Waals surface area contributed by atoms with E-state index in [1.54, 1.807) is 0 Å². The molecule has 3 heterocycles. The molecule has 2 aromatic rings. The van der Waals surface area contributed by atoms with Crippen molar-refractivity contribution in [1.29, 1.82) is 0 Å². The Bertz CT molecular complexity index is 465. The minimum atomic E-state index is 0.790. The highest BCUT2D eigenvalue weighted by atomic mass is 35.5. The van der Waals surface area contributed by atoms with E-state index in [-0.39, 0.29) is 0 Å². The lowest BCUT2D eigenvalue weighted by molar-refractivity contribution is 0.480. The number of aryl methyl sites for hydroxylation is 2.